The van der Waals surface area contributed by atoms with Gasteiger partial charge in [0.15, 0.2) is 5.82 Å². The normalized spacial score (nSPS) is 14.5. The molecule has 0 atom stereocenters. The molecule has 3 aromatic rings. The highest BCUT2D eigenvalue weighted by Gasteiger charge is 2.24. The number of likely N-dealkylation sites (tertiary alicyclic amines) is 1. The van der Waals surface area contributed by atoms with Crippen LogP contribution >= 0.6 is 11.3 Å². The number of halogens is 1. The number of benzene rings is 1. The maximum atomic E-state index is 13.4. The SMILES string of the molecule is CN(CC(=O)N1CCCC1)c1nn2c(NC(C)(C)C)c(-c3ccc(F)cc3)nc2s1. The molecular weight excluding hydrogens is 403 g/mol. The van der Waals surface area contributed by atoms with Crippen molar-refractivity contribution in [3.8, 4) is 11.3 Å². The number of likely N-dealkylation sites (N-methyl/N-ethyl adjacent to an activating group) is 1. The molecule has 0 bridgehead atoms. The van der Waals surface area contributed by atoms with Crippen molar-refractivity contribution in [1.29, 1.82) is 0 Å². The van der Waals surface area contributed by atoms with Crippen molar-refractivity contribution in [3.63, 3.8) is 0 Å². The van der Waals surface area contributed by atoms with Crippen LogP contribution in [0.4, 0.5) is 15.3 Å². The van der Waals surface area contributed by atoms with E-state index in [0.29, 0.717) is 6.54 Å². The molecule has 7 nitrogen and oxygen atoms in total. The van der Waals surface area contributed by atoms with Crippen LogP contribution in [0.5, 0.6) is 0 Å². The number of carbonyl (C=O) groups excluding carboxylic acids is 1. The summed E-state index contributed by atoms with van der Waals surface area (Å²) >= 11 is 1.43. The van der Waals surface area contributed by atoms with Crippen LogP contribution in [-0.4, -0.2) is 57.6 Å². The maximum absolute atomic E-state index is 13.4. The minimum atomic E-state index is -0.283. The van der Waals surface area contributed by atoms with E-state index in [2.05, 4.69) is 26.1 Å². The summed E-state index contributed by atoms with van der Waals surface area (Å²) in [5.74, 6) is 0.601. The highest BCUT2D eigenvalue weighted by molar-refractivity contribution is 7.20. The Morgan fingerprint density at radius 3 is 2.53 bits per heavy atom. The molecule has 1 aromatic carbocycles. The van der Waals surface area contributed by atoms with Crippen molar-refractivity contribution in [2.24, 2.45) is 0 Å². The third kappa shape index (κ3) is 4.26. The number of amides is 1. The third-order valence-corrected chi connectivity index (χ3v) is 5.98. The molecule has 0 unspecified atom stereocenters. The molecule has 1 aliphatic rings. The predicted octanol–water partition coefficient (Wildman–Crippen LogP) is 3.87. The molecule has 0 saturated carbocycles. The van der Waals surface area contributed by atoms with Gasteiger partial charge in [0.1, 0.15) is 11.5 Å². The molecule has 30 heavy (non-hydrogen) atoms. The van der Waals surface area contributed by atoms with Crippen LogP contribution < -0.4 is 10.2 Å². The highest BCUT2D eigenvalue weighted by atomic mass is 32.1. The van der Waals surface area contributed by atoms with Gasteiger partial charge in [-0.1, -0.05) is 11.3 Å². The number of hydrogen-bond donors (Lipinski definition) is 1. The van der Waals surface area contributed by atoms with Gasteiger partial charge in [-0.2, -0.15) is 4.52 Å². The van der Waals surface area contributed by atoms with E-state index in [1.165, 1.54) is 23.5 Å². The molecule has 1 saturated heterocycles. The Labute approximate surface area is 179 Å². The van der Waals surface area contributed by atoms with Gasteiger partial charge in [-0.15, -0.1) is 5.10 Å². The second-order valence-electron chi connectivity index (χ2n) is 8.71. The van der Waals surface area contributed by atoms with Gasteiger partial charge >= 0.3 is 0 Å². The Hall–Kier alpha value is -2.68. The predicted molar refractivity (Wildman–Crippen MR) is 119 cm³/mol. The molecular formula is C21H27FN6OS. The van der Waals surface area contributed by atoms with Crippen LogP contribution in [-0.2, 0) is 4.79 Å². The quantitative estimate of drug-likeness (QED) is 0.666. The molecule has 160 valence electrons. The lowest BCUT2D eigenvalue weighted by Crippen LogP contribution is -2.37. The van der Waals surface area contributed by atoms with Crippen molar-refractivity contribution in [1.82, 2.24) is 19.5 Å². The average Bonchev–Trinajstić information content (AvgIpc) is 3.39. The summed E-state index contributed by atoms with van der Waals surface area (Å²) in [7, 11) is 1.88. The lowest BCUT2D eigenvalue weighted by molar-refractivity contribution is -0.128. The van der Waals surface area contributed by atoms with Crippen molar-refractivity contribution < 1.29 is 9.18 Å². The Kier molecular flexibility index (Phi) is 5.40. The average molecular weight is 431 g/mol. The monoisotopic (exact) mass is 430 g/mol. The molecule has 4 rings (SSSR count). The van der Waals surface area contributed by atoms with E-state index in [1.54, 1.807) is 16.6 Å². The minimum absolute atomic E-state index is 0.128. The standard InChI is InChI=1S/C21H27FN6OS/c1-21(2,3)24-18-17(14-7-9-15(22)10-8-14)23-19-28(18)25-20(30-19)26(4)13-16(29)27-11-5-6-12-27/h7-10,24H,5-6,11-13H2,1-4H3. The summed E-state index contributed by atoms with van der Waals surface area (Å²) in [4.78, 5) is 21.8. The van der Waals surface area contributed by atoms with E-state index in [4.69, 9.17) is 10.1 Å². The van der Waals surface area contributed by atoms with Gasteiger partial charge in [-0.05, 0) is 57.9 Å². The summed E-state index contributed by atoms with van der Waals surface area (Å²) in [6, 6.07) is 6.30. The number of anilines is 2. The Balaban J connectivity index is 1.66. The fourth-order valence-electron chi connectivity index (χ4n) is 3.51. The van der Waals surface area contributed by atoms with Crippen molar-refractivity contribution in [2.75, 3.05) is 36.9 Å². The van der Waals surface area contributed by atoms with Crippen LogP contribution in [0.25, 0.3) is 16.2 Å². The molecule has 0 spiro atoms. The van der Waals surface area contributed by atoms with Gasteiger partial charge in [0.25, 0.3) is 0 Å². The fourth-order valence-corrected chi connectivity index (χ4v) is 4.37. The van der Waals surface area contributed by atoms with E-state index in [9.17, 15) is 9.18 Å². The van der Waals surface area contributed by atoms with Gasteiger partial charge in [0.2, 0.25) is 16.0 Å². The third-order valence-electron chi connectivity index (χ3n) is 4.96. The molecule has 1 amide bonds. The second-order valence-corrected chi connectivity index (χ2v) is 9.65. The largest absolute Gasteiger partial charge is 0.364 e. The first-order chi connectivity index (χ1) is 14.2. The van der Waals surface area contributed by atoms with Crippen LogP contribution in [0, 0.1) is 5.82 Å². The minimum Gasteiger partial charge on any atom is -0.364 e. The smallest absolute Gasteiger partial charge is 0.242 e. The Bertz CT molecular complexity index is 1050. The summed E-state index contributed by atoms with van der Waals surface area (Å²) in [6.45, 7) is 8.17. The first kappa shape index (κ1) is 20.6. The van der Waals surface area contributed by atoms with Gasteiger partial charge in [-0.25, -0.2) is 9.37 Å². The summed E-state index contributed by atoms with van der Waals surface area (Å²) in [5.41, 5.74) is 1.33. The number of carbonyl (C=O) groups is 1. The summed E-state index contributed by atoms with van der Waals surface area (Å²) in [6.07, 6.45) is 2.16. The lowest BCUT2D eigenvalue weighted by atomic mass is 10.1. The Morgan fingerprint density at radius 2 is 1.90 bits per heavy atom. The van der Waals surface area contributed by atoms with Crippen molar-refractivity contribution in [3.05, 3.63) is 30.1 Å². The van der Waals surface area contributed by atoms with E-state index < -0.39 is 0 Å². The van der Waals surface area contributed by atoms with E-state index in [0.717, 1.165) is 53.1 Å². The van der Waals surface area contributed by atoms with Crippen molar-refractivity contribution in [2.45, 2.75) is 39.2 Å². The molecule has 9 heteroatoms. The van der Waals surface area contributed by atoms with Gasteiger partial charge < -0.3 is 15.1 Å². The number of nitrogens with one attached hydrogen (secondary N) is 1. The Morgan fingerprint density at radius 1 is 1.23 bits per heavy atom. The number of hydrogen-bond acceptors (Lipinski definition) is 6. The topological polar surface area (TPSA) is 65.8 Å². The molecule has 0 aliphatic carbocycles. The summed E-state index contributed by atoms with van der Waals surface area (Å²) in [5, 5.41) is 8.94. The number of rotatable bonds is 5. The fraction of sp³-hybridized carbons (Fsp3) is 0.476. The maximum Gasteiger partial charge on any atom is 0.242 e. The van der Waals surface area contributed by atoms with E-state index in [1.807, 2.05) is 16.8 Å². The number of fused-ring (bicyclic) bond motifs is 1. The lowest BCUT2D eigenvalue weighted by Gasteiger charge is -2.22. The molecule has 3 heterocycles. The highest BCUT2D eigenvalue weighted by Crippen LogP contribution is 2.34. The molecule has 0 radical (unpaired) electrons. The zero-order valence-electron chi connectivity index (χ0n) is 17.8. The zero-order valence-corrected chi connectivity index (χ0v) is 18.6. The van der Waals surface area contributed by atoms with Crippen LogP contribution in [0.15, 0.2) is 24.3 Å². The number of nitrogens with zero attached hydrogens (tertiary/aromatic N) is 5. The molecule has 1 N–H and O–H groups in total. The van der Waals surface area contributed by atoms with E-state index in [-0.39, 0.29) is 17.3 Å². The van der Waals surface area contributed by atoms with Crippen LogP contribution in [0.2, 0.25) is 0 Å². The zero-order chi connectivity index (χ0) is 21.5. The molecule has 1 fully saturated rings. The van der Waals surface area contributed by atoms with Gasteiger partial charge in [-0.3, -0.25) is 4.79 Å². The first-order valence-electron chi connectivity index (χ1n) is 10.1. The first-order valence-corrected chi connectivity index (χ1v) is 11.0. The van der Waals surface area contributed by atoms with Gasteiger partial charge in [0, 0.05) is 31.2 Å². The summed E-state index contributed by atoms with van der Waals surface area (Å²) < 4.78 is 15.2. The van der Waals surface area contributed by atoms with Crippen LogP contribution in [0.3, 0.4) is 0 Å². The second kappa shape index (κ2) is 7.86. The van der Waals surface area contributed by atoms with E-state index >= 15 is 0 Å². The van der Waals surface area contributed by atoms with Gasteiger partial charge in [0.05, 0.1) is 6.54 Å². The number of aromatic nitrogens is 3. The molecule has 2 aromatic heterocycles. The van der Waals surface area contributed by atoms with Crippen molar-refractivity contribution >= 4 is 33.2 Å². The number of imidazole rings is 1. The molecule has 1 aliphatic heterocycles. The van der Waals surface area contributed by atoms with Crippen LogP contribution in [0.1, 0.15) is 33.6 Å².